The van der Waals surface area contributed by atoms with Gasteiger partial charge in [-0.1, -0.05) is 30.3 Å². The van der Waals surface area contributed by atoms with Crippen molar-refractivity contribution in [2.45, 2.75) is 6.42 Å². The molecule has 4 heteroatoms. The zero-order chi connectivity index (χ0) is 13.5. The van der Waals surface area contributed by atoms with Crippen LogP contribution in [0, 0.1) is 0 Å². The van der Waals surface area contributed by atoms with E-state index in [4.69, 9.17) is 4.74 Å². The van der Waals surface area contributed by atoms with Gasteiger partial charge >= 0.3 is 0 Å². The fourth-order valence-electron chi connectivity index (χ4n) is 1.73. The van der Waals surface area contributed by atoms with Crippen molar-refractivity contribution in [1.29, 1.82) is 0 Å². The minimum Gasteiger partial charge on any atom is -0.481 e. The smallest absolute Gasteiger partial charge is 0.251 e. The van der Waals surface area contributed by atoms with E-state index in [0.29, 0.717) is 18.0 Å². The summed E-state index contributed by atoms with van der Waals surface area (Å²) in [5.41, 5.74) is 1.76. The molecule has 1 N–H and O–H groups in total. The zero-order valence-corrected chi connectivity index (χ0v) is 10.8. The molecule has 0 spiro atoms. The van der Waals surface area contributed by atoms with Crippen LogP contribution in [0.2, 0.25) is 0 Å². The van der Waals surface area contributed by atoms with Crippen LogP contribution < -0.4 is 10.1 Å². The fraction of sp³-hybridized carbons (Fsp3) is 0.200. The number of hydrogen-bond donors (Lipinski definition) is 1. The molecule has 2 rings (SSSR count). The minimum atomic E-state index is -0.114. The van der Waals surface area contributed by atoms with Crippen LogP contribution >= 0.6 is 0 Å². The summed E-state index contributed by atoms with van der Waals surface area (Å²) in [6.07, 6.45) is 2.37. The molecular formula is C15H16N2O2. The number of benzene rings is 1. The Labute approximate surface area is 112 Å². The number of pyridine rings is 1. The monoisotopic (exact) mass is 256 g/mol. The summed E-state index contributed by atoms with van der Waals surface area (Å²) in [5, 5.41) is 2.88. The number of aromatic nitrogens is 1. The van der Waals surface area contributed by atoms with Crippen LogP contribution in [0.3, 0.4) is 0 Å². The van der Waals surface area contributed by atoms with Crippen LogP contribution in [0.4, 0.5) is 0 Å². The number of carbonyl (C=O) groups excluding carboxylic acids is 1. The Balaban J connectivity index is 1.87. The number of ether oxygens (including phenoxy) is 1. The van der Waals surface area contributed by atoms with Gasteiger partial charge in [-0.3, -0.25) is 4.79 Å². The van der Waals surface area contributed by atoms with E-state index in [1.54, 1.807) is 18.3 Å². The first-order chi connectivity index (χ1) is 9.29. The lowest BCUT2D eigenvalue weighted by atomic mass is 10.1. The molecule has 0 unspecified atom stereocenters. The number of nitrogens with zero attached hydrogens (tertiary/aromatic N) is 1. The number of methoxy groups -OCH3 is 1. The molecule has 1 amide bonds. The Kier molecular flexibility index (Phi) is 4.50. The predicted octanol–water partition coefficient (Wildman–Crippen LogP) is 2.06. The van der Waals surface area contributed by atoms with E-state index in [1.165, 1.54) is 12.7 Å². The Bertz CT molecular complexity index is 541. The normalized spacial score (nSPS) is 9.95. The first-order valence-electron chi connectivity index (χ1n) is 6.12. The third-order valence-electron chi connectivity index (χ3n) is 2.75. The van der Waals surface area contributed by atoms with Crippen LogP contribution in [-0.4, -0.2) is 24.5 Å². The molecule has 0 aliphatic heterocycles. The van der Waals surface area contributed by atoms with Gasteiger partial charge in [-0.2, -0.15) is 0 Å². The van der Waals surface area contributed by atoms with Gasteiger partial charge in [0.05, 0.1) is 7.11 Å². The maximum absolute atomic E-state index is 11.9. The van der Waals surface area contributed by atoms with E-state index in [0.717, 1.165) is 6.42 Å². The number of carbonyl (C=O) groups is 1. The Hall–Kier alpha value is -2.36. The molecular weight excluding hydrogens is 240 g/mol. The number of rotatable bonds is 5. The second-order valence-electron chi connectivity index (χ2n) is 4.08. The van der Waals surface area contributed by atoms with Crippen LogP contribution in [-0.2, 0) is 6.42 Å². The molecule has 0 radical (unpaired) electrons. The molecule has 4 nitrogen and oxygen atoms in total. The minimum absolute atomic E-state index is 0.114. The Morgan fingerprint density at radius 1 is 1.26 bits per heavy atom. The quantitative estimate of drug-likeness (QED) is 0.891. The van der Waals surface area contributed by atoms with Gasteiger partial charge in [-0.25, -0.2) is 4.98 Å². The highest BCUT2D eigenvalue weighted by molar-refractivity contribution is 5.94. The highest BCUT2D eigenvalue weighted by Crippen LogP contribution is 2.08. The molecule has 0 fully saturated rings. The van der Waals surface area contributed by atoms with Crippen molar-refractivity contribution in [2.24, 2.45) is 0 Å². The number of nitrogens with one attached hydrogen (secondary N) is 1. The number of amides is 1. The van der Waals surface area contributed by atoms with Crippen molar-refractivity contribution in [3.63, 3.8) is 0 Å². The van der Waals surface area contributed by atoms with E-state index in [1.807, 2.05) is 30.3 Å². The molecule has 19 heavy (non-hydrogen) atoms. The topological polar surface area (TPSA) is 51.2 Å². The lowest BCUT2D eigenvalue weighted by Crippen LogP contribution is -2.25. The van der Waals surface area contributed by atoms with Gasteiger partial charge < -0.3 is 10.1 Å². The average molecular weight is 256 g/mol. The van der Waals surface area contributed by atoms with Crippen molar-refractivity contribution >= 4 is 5.91 Å². The molecule has 1 heterocycles. The largest absolute Gasteiger partial charge is 0.481 e. The molecule has 0 saturated heterocycles. The summed E-state index contributed by atoms with van der Waals surface area (Å²) < 4.78 is 4.99. The van der Waals surface area contributed by atoms with E-state index < -0.39 is 0 Å². The van der Waals surface area contributed by atoms with E-state index in [9.17, 15) is 4.79 Å². The lowest BCUT2D eigenvalue weighted by molar-refractivity contribution is 0.0953. The SMILES string of the molecule is COc1cc(C(=O)NCCc2ccccc2)ccn1. The molecule has 0 saturated carbocycles. The van der Waals surface area contributed by atoms with E-state index >= 15 is 0 Å². The maximum atomic E-state index is 11.9. The molecule has 0 aliphatic carbocycles. The van der Waals surface area contributed by atoms with Crippen LogP contribution in [0.25, 0.3) is 0 Å². The lowest BCUT2D eigenvalue weighted by Gasteiger charge is -2.06. The van der Waals surface area contributed by atoms with Crippen LogP contribution in [0.15, 0.2) is 48.7 Å². The molecule has 0 aliphatic rings. The molecule has 1 aromatic carbocycles. The summed E-state index contributed by atoms with van der Waals surface area (Å²) in [6.45, 7) is 0.605. The van der Waals surface area contributed by atoms with Gasteiger partial charge in [0.25, 0.3) is 5.91 Å². The van der Waals surface area contributed by atoms with Gasteiger partial charge in [-0.15, -0.1) is 0 Å². The first-order valence-corrected chi connectivity index (χ1v) is 6.12. The zero-order valence-electron chi connectivity index (χ0n) is 10.8. The molecule has 0 atom stereocenters. The molecule has 0 bridgehead atoms. The predicted molar refractivity (Wildman–Crippen MR) is 73.3 cm³/mol. The highest BCUT2D eigenvalue weighted by Gasteiger charge is 2.06. The van der Waals surface area contributed by atoms with Gasteiger partial charge in [0.2, 0.25) is 5.88 Å². The third-order valence-corrected chi connectivity index (χ3v) is 2.75. The van der Waals surface area contributed by atoms with Gasteiger partial charge in [0.15, 0.2) is 0 Å². The van der Waals surface area contributed by atoms with E-state index in [2.05, 4.69) is 10.3 Å². The maximum Gasteiger partial charge on any atom is 0.251 e. The van der Waals surface area contributed by atoms with Gasteiger partial charge in [-0.05, 0) is 18.1 Å². The second-order valence-corrected chi connectivity index (χ2v) is 4.08. The molecule has 2 aromatic rings. The van der Waals surface area contributed by atoms with Crippen molar-refractivity contribution in [2.75, 3.05) is 13.7 Å². The summed E-state index contributed by atoms with van der Waals surface area (Å²) in [6, 6.07) is 13.3. The van der Waals surface area contributed by atoms with Crippen molar-refractivity contribution in [3.05, 3.63) is 59.8 Å². The van der Waals surface area contributed by atoms with Crippen LogP contribution in [0.1, 0.15) is 15.9 Å². The van der Waals surface area contributed by atoms with Crippen molar-refractivity contribution in [3.8, 4) is 5.88 Å². The third kappa shape index (κ3) is 3.81. The Morgan fingerprint density at radius 2 is 2.05 bits per heavy atom. The summed E-state index contributed by atoms with van der Waals surface area (Å²) >= 11 is 0. The standard InChI is InChI=1S/C15H16N2O2/c1-19-14-11-13(8-10-16-14)15(18)17-9-7-12-5-3-2-4-6-12/h2-6,8,10-11H,7,9H2,1H3,(H,17,18). The fourth-order valence-corrected chi connectivity index (χ4v) is 1.73. The first kappa shape index (κ1) is 13.1. The molecule has 1 aromatic heterocycles. The average Bonchev–Trinajstić information content (AvgIpc) is 2.48. The number of hydrogen-bond acceptors (Lipinski definition) is 3. The second kappa shape index (κ2) is 6.54. The van der Waals surface area contributed by atoms with Crippen molar-refractivity contribution < 1.29 is 9.53 Å². The summed E-state index contributed by atoms with van der Waals surface area (Å²) in [7, 11) is 1.53. The summed E-state index contributed by atoms with van der Waals surface area (Å²) in [5.74, 6) is 0.326. The van der Waals surface area contributed by atoms with Crippen molar-refractivity contribution in [1.82, 2.24) is 10.3 Å². The van der Waals surface area contributed by atoms with Gasteiger partial charge in [0.1, 0.15) is 0 Å². The highest BCUT2D eigenvalue weighted by atomic mass is 16.5. The summed E-state index contributed by atoms with van der Waals surface area (Å²) in [4.78, 5) is 15.9. The van der Waals surface area contributed by atoms with E-state index in [-0.39, 0.29) is 5.91 Å². The molecule has 98 valence electrons. The van der Waals surface area contributed by atoms with Crippen LogP contribution in [0.5, 0.6) is 5.88 Å². The Morgan fingerprint density at radius 3 is 2.79 bits per heavy atom. The van der Waals surface area contributed by atoms with Gasteiger partial charge in [0, 0.05) is 24.4 Å².